The number of fused-ring (bicyclic) bond motifs is 2. The number of alkyl halides is 3. The van der Waals surface area contributed by atoms with Crippen LogP contribution in [0.1, 0.15) is 50.3 Å². The summed E-state index contributed by atoms with van der Waals surface area (Å²) in [5.74, 6) is -0.0260. The number of aromatic nitrogens is 1. The molecule has 1 aromatic heterocycles. The Hall–Kier alpha value is -3.48. The highest BCUT2D eigenvalue weighted by atomic mass is 19.4. The van der Waals surface area contributed by atoms with Crippen LogP contribution < -0.4 is 0 Å². The largest absolute Gasteiger partial charge is 0.416 e. The van der Waals surface area contributed by atoms with Crippen molar-refractivity contribution in [2.75, 3.05) is 0 Å². The van der Waals surface area contributed by atoms with Crippen LogP contribution in [-0.4, -0.2) is 21.5 Å². The van der Waals surface area contributed by atoms with Crippen LogP contribution in [0.4, 0.5) is 13.2 Å². The molecule has 4 nitrogen and oxygen atoms in total. The number of carbonyl (C=O) groups excluding carboxylic acids is 1. The van der Waals surface area contributed by atoms with Gasteiger partial charge in [-0.15, -0.1) is 0 Å². The number of aliphatic imine (C=N–C) groups is 1. The average molecular weight is 449 g/mol. The highest BCUT2D eigenvalue weighted by molar-refractivity contribution is 6.15. The van der Waals surface area contributed by atoms with Crippen LogP contribution in [0.3, 0.4) is 0 Å². The number of hydrogen-bond donors (Lipinski definition) is 0. The minimum absolute atomic E-state index is 0.0260. The summed E-state index contributed by atoms with van der Waals surface area (Å²) in [7, 11) is 0. The molecular weight excluding hydrogens is 427 g/mol. The maximum atomic E-state index is 12.8. The van der Waals surface area contributed by atoms with Gasteiger partial charge in [-0.1, -0.05) is 18.2 Å². The number of hydrogen-bond acceptors (Lipinski definition) is 3. The van der Waals surface area contributed by atoms with Crippen molar-refractivity contribution < 1.29 is 18.0 Å². The minimum Gasteiger partial charge on any atom is -0.334 e. The maximum Gasteiger partial charge on any atom is 0.416 e. The van der Waals surface area contributed by atoms with E-state index >= 15 is 0 Å². The molecule has 0 spiro atoms. The van der Waals surface area contributed by atoms with Crippen LogP contribution in [0.2, 0.25) is 0 Å². The lowest BCUT2D eigenvalue weighted by Gasteiger charge is -2.29. The predicted molar refractivity (Wildman–Crippen MR) is 119 cm³/mol. The van der Waals surface area contributed by atoms with E-state index in [4.69, 9.17) is 4.99 Å². The third-order valence-electron chi connectivity index (χ3n) is 6.15. The Labute approximate surface area is 189 Å². The van der Waals surface area contributed by atoms with Gasteiger partial charge in [-0.05, 0) is 66.4 Å². The van der Waals surface area contributed by atoms with Crippen molar-refractivity contribution in [2.24, 2.45) is 4.99 Å². The van der Waals surface area contributed by atoms with E-state index in [0.29, 0.717) is 18.7 Å². The first-order chi connectivity index (χ1) is 15.7. The summed E-state index contributed by atoms with van der Waals surface area (Å²) >= 11 is 0. The van der Waals surface area contributed by atoms with E-state index in [9.17, 15) is 18.0 Å². The second kappa shape index (κ2) is 7.83. The van der Waals surface area contributed by atoms with Crippen LogP contribution in [0.25, 0.3) is 0 Å². The fraction of sp³-hybridized carbons (Fsp3) is 0.269. The molecule has 0 saturated carbocycles. The smallest absolute Gasteiger partial charge is 0.334 e. The molecule has 1 amide bonds. The topological polar surface area (TPSA) is 45.6 Å². The summed E-state index contributed by atoms with van der Waals surface area (Å²) in [4.78, 5) is 23.7. The van der Waals surface area contributed by atoms with E-state index in [1.54, 1.807) is 4.90 Å². The molecule has 0 bridgehead atoms. The lowest BCUT2D eigenvalue weighted by atomic mass is 9.91. The number of amides is 1. The zero-order valence-electron chi connectivity index (χ0n) is 18.3. The number of benzene rings is 2. The van der Waals surface area contributed by atoms with Crippen molar-refractivity contribution in [1.82, 2.24) is 9.88 Å². The van der Waals surface area contributed by atoms with Gasteiger partial charge in [0.1, 0.15) is 0 Å². The number of aryl methyl sites for hydroxylation is 2. The minimum atomic E-state index is -4.37. The highest BCUT2D eigenvalue weighted by Crippen LogP contribution is 2.32. The van der Waals surface area contributed by atoms with Crippen molar-refractivity contribution in [3.05, 3.63) is 98.9 Å². The summed E-state index contributed by atoms with van der Waals surface area (Å²) < 4.78 is 38.5. The molecule has 0 radical (unpaired) electrons. The fourth-order valence-electron chi connectivity index (χ4n) is 4.60. The molecule has 0 saturated heterocycles. The van der Waals surface area contributed by atoms with Crippen molar-refractivity contribution >= 4 is 11.6 Å². The molecule has 168 valence electrons. The van der Waals surface area contributed by atoms with Crippen molar-refractivity contribution in [1.29, 1.82) is 0 Å². The Bertz CT molecular complexity index is 1270. The molecule has 2 aromatic carbocycles. The molecule has 5 rings (SSSR count). The standard InChI is InChI=1S/C26H22F3N3O/c1-15-7-19(8-16(2)31-15)25-23-10-21-14-32(24(33)11-18(21)9-20(23)12-30-25)13-17-3-5-22(6-4-17)26(27,28)29/h3-10H,11-14H2,1-2H3. The molecule has 2 aliphatic rings. The molecule has 0 N–H and O–H groups in total. The van der Waals surface area contributed by atoms with Crippen molar-refractivity contribution in [3.8, 4) is 0 Å². The van der Waals surface area contributed by atoms with E-state index in [-0.39, 0.29) is 18.9 Å². The van der Waals surface area contributed by atoms with Crippen molar-refractivity contribution in [3.63, 3.8) is 0 Å². The first kappa shape index (κ1) is 21.4. The fourth-order valence-corrected chi connectivity index (χ4v) is 4.60. The van der Waals surface area contributed by atoms with E-state index in [0.717, 1.165) is 57.0 Å². The van der Waals surface area contributed by atoms with Gasteiger partial charge in [-0.2, -0.15) is 13.2 Å². The van der Waals surface area contributed by atoms with E-state index in [1.165, 1.54) is 12.1 Å². The number of nitrogens with zero attached hydrogens (tertiary/aromatic N) is 3. The average Bonchev–Trinajstić information content (AvgIpc) is 3.14. The summed E-state index contributed by atoms with van der Waals surface area (Å²) in [6, 6.07) is 13.3. The van der Waals surface area contributed by atoms with E-state index < -0.39 is 11.7 Å². The zero-order valence-corrected chi connectivity index (χ0v) is 18.3. The van der Waals surface area contributed by atoms with Gasteiger partial charge in [0.15, 0.2) is 0 Å². The van der Waals surface area contributed by atoms with Gasteiger partial charge in [0.25, 0.3) is 0 Å². The molecule has 0 atom stereocenters. The molecule has 3 aromatic rings. The first-order valence-corrected chi connectivity index (χ1v) is 10.8. The SMILES string of the molecule is Cc1cc(C2=NCc3cc4c(cc32)CN(Cc2ccc(C(F)(F)F)cc2)C(=O)C4)cc(C)n1. The summed E-state index contributed by atoms with van der Waals surface area (Å²) in [6.45, 7) is 5.21. The van der Waals surface area contributed by atoms with Gasteiger partial charge in [0, 0.05) is 35.6 Å². The Morgan fingerprint density at radius 1 is 0.939 bits per heavy atom. The number of halogens is 3. The van der Waals surface area contributed by atoms with Gasteiger partial charge in [0.05, 0.1) is 24.2 Å². The van der Waals surface area contributed by atoms with Crippen molar-refractivity contribution in [2.45, 2.75) is 46.1 Å². The third kappa shape index (κ3) is 4.15. The first-order valence-electron chi connectivity index (χ1n) is 10.8. The normalized spacial score (nSPS) is 15.4. The molecule has 0 fully saturated rings. The van der Waals surface area contributed by atoms with Crippen LogP contribution in [-0.2, 0) is 37.0 Å². The Morgan fingerprint density at radius 2 is 1.64 bits per heavy atom. The maximum absolute atomic E-state index is 12.8. The Morgan fingerprint density at radius 3 is 2.30 bits per heavy atom. The van der Waals surface area contributed by atoms with Gasteiger partial charge >= 0.3 is 6.18 Å². The summed E-state index contributed by atoms with van der Waals surface area (Å²) in [5, 5.41) is 0. The number of carbonyl (C=O) groups is 1. The molecule has 0 aliphatic carbocycles. The lowest BCUT2D eigenvalue weighted by molar-refractivity contribution is -0.137. The van der Waals surface area contributed by atoms with Crippen LogP contribution >= 0.6 is 0 Å². The van der Waals surface area contributed by atoms with Gasteiger partial charge < -0.3 is 4.90 Å². The molecular formula is C26H22F3N3O. The van der Waals surface area contributed by atoms with Gasteiger partial charge in [-0.25, -0.2) is 0 Å². The molecule has 0 unspecified atom stereocenters. The Kier molecular flexibility index (Phi) is 5.07. The summed E-state index contributed by atoms with van der Waals surface area (Å²) in [5.41, 5.74) is 8.07. The lowest BCUT2D eigenvalue weighted by Crippen LogP contribution is -2.35. The van der Waals surface area contributed by atoms with Crippen LogP contribution in [0, 0.1) is 13.8 Å². The predicted octanol–water partition coefficient (Wildman–Crippen LogP) is 5.15. The highest BCUT2D eigenvalue weighted by Gasteiger charge is 2.31. The van der Waals surface area contributed by atoms with Crippen LogP contribution in [0.5, 0.6) is 0 Å². The third-order valence-corrected chi connectivity index (χ3v) is 6.15. The van der Waals surface area contributed by atoms with E-state index in [1.807, 2.05) is 26.0 Å². The van der Waals surface area contributed by atoms with Crippen LogP contribution in [0.15, 0.2) is 53.5 Å². The summed E-state index contributed by atoms with van der Waals surface area (Å²) in [6.07, 6.45) is -4.09. The Balaban J connectivity index is 1.41. The molecule has 2 aliphatic heterocycles. The second-order valence-corrected chi connectivity index (χ2v) is 8.70. The van der Waals surface area contributed by atoms with E-state index in [2.05, 4.69) is 17.1 Å². The quantitative estimate of drug-likeness (QED) is 0.555. The monoisotopic (exact) mass is 449 g/mol. The number of pyridine rings is 1. The second-order valence-electron chi connectivity index (χ2n) is 8.70. The number of rotatable bonds is 3. The van der Waals surface area contributed by atoms with Gasteiger partial charge in [-0.3, -0.25) is 14.8 Å². The van der Waals surface area contributed by atoms with Gasteiger partial charge in [0.2, 0.25) is 5.91 Å². The molecule has 3 heterocycles. The zero-order chi connectivity index (χ0) is 23.3. The molecule has 33 heavy (non-hydrogen) atoms. The molecule has 7 heteroatoms.